The van der Waals surface area contributed by atoms with E-state index in [1.54, 1.807) is 6.20 Å². The third-order valence-corrected chi connectivity index (χ3v) is 3.14. The summed E-state index contributed by atoms with van der Waals surface area (Å²) in [7, 11) is 0. The molecule has 0 spiro atoms. The summed E-state index contributed by atoms with van der Waals surface area (Å²) in [6.07, 6.45) is 4.53. The second-order valence-corrected chi connectivity index (χ2v) is 5.74. The fourth-order valence-corrected chi connectivity index (χ4v) is 2.03. The number of hydrogen-bond acceptors (Lipinski definition) is 3. The van der Waals surface area contributed by atoms with E-state index in [9.17, 15) is 4.79 Å². The number of carbonyl (C=O) groups is 1. The standard InChI is InChI=1S/C13H22N4O/c1-13(2,3)17-10-11(9-15-17)12(18)16-7-4-5-14-6-8-16/h9-10,14H,4-8H2,1-3H3. The Labute approximate surface area is 108 Å². The zero-order valence-corrected chi connectivity index (χ0v) is 11.4. The molecular formula is C13H22N4O. The third-order valence-electron chi connectivity index (χ3n) is 3.14. The molecule has 0 aromatic carbocycles. The van der Waals surface area contributed by atoms with Crippen LogP contribution in [0.4, 0.5) is 0 Å². The topological polar surface area (TPSA) is 50.2 Å². The van der Waals surface area contributed by atoms with Crippen molar-refractivity contribution in [2.24, 2.45) is 0 Å². The zero-order chi connectivity index (χ0) is 13.2. The van der Waals surface area contributed by atoms with Crippen molar-refractivity contribution in [1.29, 1.82) is 0 Å². The minimum atomic E-state index is -0.0845. The first-order valence-corrected chi connectivity index (χ1v) is 6.53. The van der Waals surface area contributed by atoms with E-state index in [-0.39, 0.29) is 11.4 Å². The molecule has 100 valence electrons. The van der Waals surface area contributed by atoms with Gasteiger partial charge in [-0.05, 0) is 33.7 Å². The van der Waals surface area contributed by atoms with Crippen LogP contribution in [0.5, 0.6) is 0 Å². The van der Waals surface area contributed by atoms with Gasteiger partial charge in [0.2, 0.25) is 0 Å². The van der Waals surface area contributed by atoms with Gasteiger partial charge in [0.05, 0.1) is 17.3 Å². The maximum Gasteiger partial charge on any atom is 0.257 e. The van der Waals surface area contributed by atoms with Crippen molar-refractivity contribution < 1.29 is 4.79 Å². The molecule has 1 aromatic heterocycles. The summed E-state index contributed by atoms with van der Waals surface area (Å²) in [4.78, 5) is 14.2. The van der Waals surface area contributed by atoms with Crippen molar-refractivity contribution in [2.45, 2.75) is 32.7 Å². The summed E-state index contributed by atoms with van der Waals surface area (Å²) in [5, 5.41) is 7.58. The monoisotopic (exact) mass is 250 g/mol. The van der Waals surface area contributed by atoms with Crippen LogP contribution in [0.2, 0.25) is 0 Å². The van der Waals surface area contributed by atoms with Gasteiger partial charge >= 0.3 is 0 Å². The number of rotatable bonds is 1. The molecule has 1 aliphatic rings. The van der Waals surface area contributed by atoms with E-state index in [2.05, 4.69) is 31.2 Å². The average molecular weight is 250 g/mol. The van der Waals surface area contributed by atoms with Gasteiger partial charge in [0.1, 0.15) is 0 Å². The van der Waals surface area contributed by atoms with E-state index in [0.29, 0.717) is 5.56 Å². The largest absolute Gasteiger partial charge is 0.337 e. The number of amides is 1. The van der Waals surface area contributed by atoms with Gasteiger partial charge in [-0.1, -0.05) is 0 Å². The van der Waals surface area contributed by atoms with Crippen LogP contribution >= 0.6 is 0 Å². The fourth-order valence-electron chi connectivity index (χ4n) is 2.03. The summed E-state index contributed by atoms with van der Waals surface area (Å²) in [5.74, 6) is 0.0919. The van der Waals surface area contributed by atoms with Gasteiger partial charge in [0.15, 0.2) is 0 Å². The van der Waals surface area contributed by atoms with Gasteiger partial charge in [0.25, 0.3) is 5.91 Å². The Morgan fingerprint density at radius 3 is 2.78 bits per heavy atom. The van der Waals surface area contributed by atoms with Crippen LogP contribution in [0.25, 0.3) is 0 Å². The van der Waals surface area contributed by atoms with E-state index >= 15 is 0 Å². The zero-order valence-electron chi connectivity index (χ0n) is 11.4. The summed E-state index contributed by atoms with van der Waals surface area (Å²) < 4.78 is 1.84. The quantitative estimate of drug-likeness (QED) is 0.811. The van der Waals surface area contributed by atoms with Crippen molar-refractivity contribution in [3.8, 4) is 0 Å². The minimum absolute atomic E-state index is 0.0845. The molecule has 18 heavy (non-hydrogen) atoms. The molecule has 0 aliphatic carbocycles. The third kappa shape index (κ3) is 2.90. The molecule has 0 saturated carbocycles. The Morgan fingerprint density at radius 1 is 1.33 bits per heavy atom. The number of hydrogen-bond donors (Lipinski definition) is 1. The van der Waals surface area contributed by atoms with Crippen LogP contribution < -0.4 is 5.32 Å². The lowest BCUT2D eigenvalue weighted by atomic mass is 10.1. The van der Waals surface area contributed by atoms with E-state index < -0.39 is 0 Å². The first kappa shape index (κ1) is 13.1. The maximum atomic E-state index is 12.3. The highest BCUT2D eigenvalue weighted by Gasteiger charge is 2.21. The maximum absolute atomic E-state index is 12.3. The van der Waals surface area contributed by atoms with Crippen LogP contribution in [0.3, 0.4) is 0 Å². The lowest BCUT2D eigenvalue weighted by Gasteiger charge is -2.20. The second kappa shape index (κ2) is 5.10. The molecule has 1 aliphatic heterocycles. The summed E-state index contributed by atoms with van der Waals surface area (Å²) in [5.41, 5.74) is 0.602. The molecule has 2 rings (SSSR count). The molecule has 1 saturated heterocycles. The van der Waals surface area contributed by atoms with Gasteiger partial charge < -0.3 is 10.2 Å². The van der Waals surface area contributed by atoms with Crippen molar-refractivity contribution in [3.63, 3.8) is 0 Å². The molecule has 0 radical (unpaired) electrons. The minimum Gasteiger partial charge on any atom is -0.337 e. The van der Waals surface area contributed by atoms with Crippen molar-refractivity contribution in [2.75, 3.05) is 26.2 Å². The van der Waals surface area contributed by atoms with Gasteiger partial charge in [-0.2, -0.15) is 5.10 Å². The van der Waals surface area contributed by atoms with Crippen molar-refractivity contribution in [3.05, 3.63) is 18.0 Å². The number of nitrogens with one attached hydrogen (secondary N) is 1. The highest BCUT2D eigenvalue weighted by atomic mass is 16.2. The van der Waals surface area contributed by atoms with Gasteiger partial charge in [-0.15, -0.1) is 0 Å². The smallest absolute Gasteiger partial charge is 0.257 e. The Hall–Kier alpha value is -1.36. The predicted molar refractivity (Wildman–Crippen MR) is 70.6 cm³/mol. The Kier molecular flexibility index (Phi) is 3.71. The van der Waals surface area contributed by atoms with Crippen LogP contribution in [0.15, 0.2) is 12.4 Å². The van der Waals surface area contributed by atoms with Crippen molar-refractivity contribution >= 4 is 5.91 Å². The van der Waals surface area contributed by atoms with Gasteiger partial charge in [-0.25, -0.2) is 0 Å². The van der Waals surface area contributed by atoms with Crippen molar-refractivity contribution in [1.82, 2.24) is 20.0 Å². The van der Waals surface area contributed by atoms with Crippen LogP contribution in [-0.4, -0.2) is 46.8 Å². The molecule has 0 atom stereocenters. The number of aromatic nitrogens is 2. The predicted octanol–water partition coefficient (Wildman–Crippen LogP) is 1.07. The number of nitrogens with zero attached hydrogens (tertiary/aromatic N) is 3. The molecule has 1 aromatic rings. The Morgan fingerprint density at radius 2 is 2.11 bits per heavy atom. The summed E-state index contributed by atoms with van der Waals surface area (Å²) in [6.45, 7) is 9.69. The van der Waals surface area contributed by atoms with Gasteiger partial charge in [0, 0.05) is 25.8 Å². The van der Waals surface area contributed by atoms with Gasteiger partial charge in [-0.3, -0.25) is 9.48 Å². The molecule has 5 heteroatoms. The summed E-state index contributed by atoms with van der Waals surface area (Å²) in [6, 6.07) is 0. The molecule has 1 amide bonds. The lowest BCUT2D eigenvalue weighted by Crippen LogP contribution is -2.34. The highest BCUT2D eigenvalue weighted by Crippen LogP contribution is 2.14. The normalized spacial score (nSPS) is 17.6. The molecule has 5 nitrogen and oxygen atoms in total. The first-order chi connectivity index (χ1) is 8.48. The Balaban J connectivity index is 2.10. The molecule has 0 bridgehead atoms. The van der Waals surface area contributed by atoms with E-state index in [4.69, 9.17) is 0 Å². The van der Waals surface area contributed by atoms with Crippen LogP contribution in [0.1, 0.15) is 37.6 Å². The van der Waals surface area contributed by atoms with E-state index in [0.717, 1.165) is 32.6 Å². The van der Waals surface area contributed by atoms with E-state index in [1.165, 1.54) is 0 Å². The average Bonchev–Trinajstić information content (AvgIpc) is 2.65. The molecular weight excluding hydrogens is 228 g/mol. The molecule has 1 fully saturated rings. The first-order valence-electron chi connectivity index (χ1n) is 6.53. The molecule has 0 unspecified atom stereocenters. The second-order valence-electron chi connectivity index (χ2n) is 5.74. The lowest BCUT2D eigenvalue weighted by molar-refractivity contribution is 0.0766. The van der Waals surface area contributed by atoms with Crippen LogP contribution in [-0.2, 0) is 5.54 Å². The SMILES string of the molecule is CC(C)(C)n1cc(C(=O)N2CCCNCC2)cn1. The highest BCUT2D eigenvalue weighted by molar-refractivity contribution is 5.93. The number of carbonyl (C=O) groups excluding carboxylic acids is 1. The fraction of sp³-hybridized carbons (Fsp3) is 0.692. The summed E-state index contributed by atoms with van der Waals surface area (Å²) >= 11 is 0. The molecule has 2 heterocycles. The Bertz CT molecular complexity index is 411. The van der Waals surface area contributed by atoms with Crippen LogP contribution in [0, 0.1) is 0 Å². The van der Waals surface area contributed by atoms with E-state index in [1.807, 2.05) is 15.8 Å². The molecule has 1 N–H and O–H groups in total.